The summed E-state index contributed by atoms with van der Waals surface area (Å²) in [6, 6.07) is 11.2. The predicted molar refractivity (Wildman–Crippen MR) is 113 cm³/mol. The first-order valence-corrected chi connectivity index (χ1v) is 11.1. The van der Waals surface area contributed by atoms with E-state index >= 15 is 0 Å². The fraction of sp³-hybridized carbons (Fsp3) is 0.250. The van der Waals surface area contributed by atoms with Crippen LogP contribution in [0.3, 0.4) is 0 Å². The molecule has 0 bridgehead atoms. The van der Waals surface area contributed by atoms with Crippen molar-refractivity contribution in [2.24, 2.45) is 0 Å². The van der Waals surface area contributed by atoms with Crippen molar-refractivity contribution < 1.29 is 17.9 Å². The van der Waals surface area contributed by atoms with Crippen LogP contribution in [0.5, 0.6) is 0 Å². The van der Waals surface area contributed by atoms with Gasteiger partial charge in [0.1, 0.15) is 0 Å². The van der Waals surface area contributed by atoms with E-state index in [1.807, 2.05) is 18.2 Å². The molecule has 1 aliphatic heterocycles. The van der Waals surface area contributed by atoms with E-state index in [1.165, 1.54) is 16.4 Å². The molecule has 3 heterocycles. The number of ether oxygens (including phenoxy) is 1. The molecule has 4 rings (SSSR count). The highest BCUT2D eigenvalue weighted by Gasteiger charge is 2.26. The van der Waals surface area contributed by atoms with E-state index in [9.17, 15) is 13.2 Å². The zero-order valence-corrected chi connectivity index (χ0v) is 17.5. The Morgan fingerprint density at radius 1 is 1.13 bits per heavy atom. The van der Waals surface area contributed by atoms with Crippen molar-refractivity contribution in [3.05, 3.63) is 66.6 Å². The lowest BCUT2D eigenvalue weighted by Crippen LogP contribution is -2.40. The zero-order chi connectivity index (χ0) is 21.7. The van der Waals surface area contributed by atoms with Crippen LogP contribution in [0.25, 0.3) is 5.82 Å². The van der Waals surface area contributed by atoms with Crippen molar-refractivity contribution >= 4 is 21.7 Å². The van der Waals surface area contributed by atoms with Crippen molar-refractivity contribution in [3.8, 4) is 5.82 Å². The molecule has 2 amide bonds. The Hall–Kier alpha value is -3.28. The van der Waals surface area contributed by atoms with Gasteiger partial charge in [-0.3, -0.25) is 0 Å². The van der Waals surface area contributed by atoms with Gasteiger partial charge in [-0.15, -0.1) is 0 Å². The standard InChI is InChI=1S/C20H22N6O4S/c27-20(22-15-16-5-6-19(21-14-16)26-8-2-7-23-26)24-17-3-1-4-18(13-17)31(28,29)25-9-11-30-12-10-25/h1-8,13-14H,9-12,15H2,(H2,22,24,27). The number of anilines is 1. The van der Waals surface area contributed by atoms with Crippen molar-refractivity contribution in [2.45, 2.75) is 11.4 Å². The van der Waals surface area contributed by atoms with Crippen molar-refractivity contribution in [1.82, 2.24) is 24.4 Å². The second-order valence-electron chi connectivity index (χ2n) is 6.83. The van der Waals surface area contributed by atoms with E-state index in [-0.39, 0.29) is 11.4 Å². The highest BCUT2D eigenvalue weighted by atomic mass is 32.2. The van der Waals surface area contributed by atoms with E-state index in [1.54, 1.807) is 35.4 Å². The summed E-state index contributed by atoms with van der Waals surface area (Å²) in [5, 5.41) is 9.52. The van der Waals surface area contributed by atoms with E-state index in [4.69, 9.17) is 4.74 Å². The maximum atomic E-state index is 12.8. The highest BCUT2D eigenvalue weighted by molar-refractivity contribution is 7.89. The molecular formula is C20H22N6O4S. The topological polar surface area (TPSA) is 118 Å². The summed E-state index contributed by atoms with van der Waals surface area (Å²) in [6.45, 7) is 1.64. The lowest BCUT2D eigenvalue weighted by Gasteiger charge is -2.26. The second kappa shape index (κ2) is 9.25. The number of carbonyl (C=O) groups excluding carboxylic acids is 1. The first-order valence-electron chi connectivity index (χ1n) is 9.70. The number of nitrogens with zero attached hydrogens (tertiary/aromatic N) is 4. The number of sulfonamides is 1. The summed E-state index contributed by atoms with van der Waals surface area (Å²) in [4.78, 5) is 16.7. The summed E-state index contributed by atoms with van der Waals surface area (Å²) in [5.74, 6) is 0.677. The molecule has 0 atom stereocenters. The molecule has 0 radical (unpaired) electrons. The van der Waals surface area contributed by atoms with Gasteiger partial charge in [-0.2, -0.15) is 9.40 Å². The van der Waals surface area contributed by atoms with Crippen LogP contribution < -0.4 is 10.6 Å². The average Bonchev–Trinajstić information content (AvgIpc) is 3.34. The smallest absolute Gasteiger partial charge is 0.319 e. The molecule has 1 aliphatic rings. The van der Waals surface area contributed by atoms with Crippen LogP contribution >= 0.6 is 0 Å². The first-order chi connectivity index (χ1) is 15.0. The molecule has 1 fully saturated rings. The molecule has 31 heavy (non-hydrogen) atoms. The van der Waals surface area contributed by atoms with Crippen LogP contribution in [-0.2, 0) is 21.3 Å². The molecule has 10 nitrogen and oxygen atoms in total. The van der Waals surface area contributed by atoms with Crippen molar-refractivity contribution in [2.75, 3.05) is 31.6 Å². The Morgan fingerprint density at radius 2 is 1.97 bits per heavy atom. The van der Waals surface area contributed by atoms with Gasteiger partial charge in [-0.1, -0.05) is 12.1 Å². The largest absolute Gasteiger partial charge is 0.379 e. The van der Waals surface area contributed by atoms with Gasteiger partial charge in [-0.05, 0) is 35.9 Å². The Balaban J connectivity index is 1.35. The quantitative estimate of drug-likeness (QED) is 0.599. The van der Waals surface area contributed by atoms with Crippen LogP contribution in [0, 0.1) is 0 Å². The van der Waals surface area contributed by atoms with Gasteiger partial charge in [0, 0.05) is 43.9 Å². The second-order valence-corrected chi connectivity index (χ2v) is 8.77. The lowest BCUT2D eigenvalue weighted by molar-refractivity contribution is 0.0730. The first kappa shape index (κ1) is 21.0. The molecule has 0 unspecified atom stereocenters. The number of pyridine rings is 1. The molecule has 3 aromatic rings. The minimum Gasteiger partial charge on any atom is -0.379 e. The minimum absolute atomic E-state index is 0.130. The molecule has 0 aliphatic carbocycles. The Morgan fingerprint density at radius 3 is 2.68 bits per heavy atom. The lowest BCUT2D eigenvalue weighted by atomic mass is 10.3. The monoisotopic (exact) mass is 442 g/mol. The van der Waals surface area contributed by atoms with Crippen LogP contribution in [0.4, 0.5) is 10.5 Å². The van der Waals surface area contributed by atoms with Gasteiger partial charge in [-0.25, -0.2) is 22.9 Å². The molecule has 2 N–H and O–H groups in total. The summed E-state index contributed by atoms with van der Waals surface area (Å²) in [5.41, 5.74) is 1.20. The Kier molecular flexibility index (Phi) is 6.26. The van der Waals surface area contributed by atoms with Crippen LogP contribution in [0.2, 0.25) is 0 Å². The number of amides is 2. The number of hydrogen-bond donors (Lipinski definition) is 2. The Labute approximate surface area is 179 Å². The fourth-order valence-corrected chi connectivity index (χ4v) is 4.54. The van der Waals surface area contributed by atoms with Crippen LogP contribution in [-0.4, -0.2) is 59.8 Å². The number of nitrogens with one attached hydrogen (secondary N) is 2. The van der Waals surface area contributed by atoms with Crippen molar-refractivity contribution in [3.63, 3.8) is 0 Å². The normalized spacial score (nSPS) is 14.8. The van der Waals surface area contributed by atoms with Crippen molar-refractivity contribution in [1.29, 1.82) is 0 Å². The summed E-state index contributed by atoms with van der Waals surface area (Å²) < 4.78 is 33.8. The molecule has 2 aromatic heterocycles. The number of hydrogen-bond acceptors (Lipinski definition) is 6. The van der Waals surface area contributed by atoms with Gasteiger partial charge in [0.05, 0.1) is 18.1 Å². The molecule has 0 saturated carbocycles. The van der Waals surface area contributed by atoms with Gasteiger partial charge >= 0.3 is 6.03 Å². The third-order valence-corrected chi connectivity index (χ3v) is 6.60. The molecule has 0 spiro atoms. The summed E-state index contributed by atoms with van der Waals surface area (Å²) >= 11 is 0. The highest BCUT2D eigenvalue weighted by Crippen LogP contribution is 2.20. The average molecular weight is 443 g/mol. The van der Waals surface area contributed by atoms with Crippen LogP contribution in [0.15, 0.2) is 66.0 Å². The molecule has 162 valence electrons. The number of benzene rings is 1. The minimum atomic E-state index is -3.63. The van der Waals surface area contributed by atoms with E-state index < -0.39 is 16.1 Å². The molecule has 1 saturated heterocycles. The van der Waals surface area contributed by atoms with E-state index in [2.05, 4.69) is 20.7 Å². The van der Waals surface area contributed by atoms with Gasteiger partial charge in [0.15, 0.2) is 5.82 Å². The fourth-order valence-electron chi connectivity index (χ4n) is 3.09. The van der Waals surface area contributed by atoms with Crippen LogP contribution in [0.1, 0.15) is 5.56 Å². The number of morpholine rings is 1. The molecule has 11 heteroatoms. The number of carbonyl (C=O) groups is 1. The third-order valence-electron chi connectivity index (χ3n) is 4.70. The maximum absolute atomic E-state index is 12.8. The van der Waals surface area contributed by atoms with E-state index in [0.29, 0.717) is 37.8 Å². The summed E-state index contributed by atoms with van der Waals surface area (Å²) in [7, 11) is -3.63. The SMILES string of the molecule is O=C(NCc1ccc(-n2cccn2)nc1)Nc1cccc(S(=O)(=O)N2CCOCC2)c1. The predicted octanol–water partition coefficient (Wildman–Crippen LogP) is 1.61. The van der Waals surface area contributed by atoms with E-state index in [0.717, 1.165) is 5.56 Å². The van der Waals surface area contributed by atoms with Gasteiger partial charge in [0.2, 0.25) is 10.0 Å². The molecular weight excluding hydrogens is 420 g/mol. The zero-order valence-electron chi connectivity index (χ0n) is 16.6. The third kappa shape index (κ3) is 5.08. The number of aromatic nitrogens is 3. The Bertz CT molecular complexity index is 1130. The molecule has 1 aromatic carbocycles. The van der Waals surface area contributed by atoms with Gasteiger partial charge in [0.25, 0.3) is 0 Å². The number of rotatable bonds is 6. The summed E-state index contributed by atoms with van der Waals surface area (Å²) in [6.07, 6.45) is 5.12. The number of urea groups is 1. The maximum Gasteiger partial charge on any atom is 0.319 e. The van der Waals surface area contributed by atoms with Gasteiger partial charge < -0.3 is 15.4 Å².